The molecule has 10 heteroatoms. The standard InChI is InChI=1S/C13H20N4O5S/c1-4-14-13(18)11-6-5-10(17(19)20)9-12(11)23(21,22)15-7-8-16(2)3/h5-6,9,15H,4,7-8H2,1-3H3,(H,14,18). The molecule has 0 spiro atoms. The van der Waals surface area contributed by atoms with Crippen LogP contribution >= 0.6 is 0 Å². The van der Waals surface area contributed by atoms with Gasteiger partial charge in [0.1, 0.15) is 4.90 Å². The molecule has 0 fully saturated rings. The Balaban J connectivity index is 3.25. The molecule has 0 aliphatic heterocycles. The maximum absolute atomic E-state index is 12.4. The second-order valence-corrected chi connectivity index (χ2v) is 6.73. The van der Waals surface area contributed by atoms with Crippen LogP contribution in [0.15, 0.2) is 23.1 Å². The van der Waals surface area contributed by atoms with E-state index in [2.05, 4.69) is 10.0 Å². The lowest BCUT2D eigenvalue weighted by Crippen LogP contribution is -2.33. The summed E-state index contributed by atoms with van der Waals surface area (Å²) in [7, 11) is -0.489. The average Bonchev–Trinajstić information content (AvgIpc) is 2.46. The average molecular weight is 344 g/mol. The first-order valence-corrected chi connectivity index (χ1v) is 8.38. The first kappa shape index (κ1) is 19.0. The van der Waals surface area contributed by atoms with Crippen LogP contribution in [0.25, 0.3) is 0 Å². The molecule has 0 aliphatic carbocycles. The van der Waals surface area contributed by atoms with Gasteiger partial charge in [-0.2, -0.15) is 0 Å². The van der Waals surface area contributed by atoms with Crippen molar-refractivity contribution in [3.8, 4) is 0 Å². The highest BCUT2D eigenvalue weighted by Crippen LogP contribution is 2.22. The Kier molecular flexibility index (Phi) is 6.61. The largest absolute Gasteiger partial charge is 0.352 e. The van der Waals surface area contributed by atoms with Gasteiger partial charge in [-0.25, -0.2) is 13.1 Å². The molecule has 0 atom stereocenters. The number of nitrogens with one attached hydrogen (secondary N) is 2. The smallest absolute Gasteiger partial charge is 0.270 e. The molecule has 1 aromatic rings. The van der Waals surface area contributed by atoms with E-state index in [1.807, 2.05) is 0 Å². The summed E-state index contributed by atoms with van der Waals surface area (Å²) >= 11 is 0. The summed E-state index contributed by atoms with van der Waals surface area (Å²) in [5.74, 6) is -0.601. The minimum atomic E-state index is -4.05. The fourth-order valence-electron chi connectivity index (χ4n) is 1.77. The number of carbonyl (C=O) groups excluding carboxylic acids is 1. The van der Waals surface area contributed by atoms with E-state index in [-0.39, 0.29) is 12.1 Å². The van der Waals surface area contributed by atoms with Crippen molar-refractivity contribution in [1.29, 1.82) is 0 Å². The van der Waals surface area contributed by atoms with E-state index in [0.29, 0.717) is 13.1 Å². The second kappa shape index (κ2) is 7.99. The lowest BCUT2D eigenvalue weighted by molar-refractivity contribution is -0.385. The predicted molar refractivity (Wildman–Crippen MR) is 84.8 cm³/mol. The molecule has 2 N–H and O–H groups in total. The van der Waals surface area contributed by atoms with Gasteiger partial charge in [0.15, 0.2) is 0 Å². The number of hydrogen-bond donors (Lipinski definition) is 2. The number of non-ortho nitro benzene ring substituents is 1. The first-order chi connectivity index (χ1) is 10.7. The molecular formula is C13H20N4O5S. The monoisotopic (exact) mass is 344 g/mol. The SMILES string of the molecule is CCNC(=O)c1ccc([N+](=O)[O-])cc1S(=O)(=O)NCCN(C)C. The zero-order valence-corrected chi connectivity index (χ0v) is 14.0. The van der Waals surface area contributed by atoms with E-state index in [0.717, 1.165) is 18.2 Å². The number of sulfonamides is 1. The van der Waals surface area contributed by atoms with Gasteiger partial charge in [-0.1, -0.05) is 0 Å². The molecule has 0 saturated heterocycles. The number of likely N-dealkylation sites (N-methyl/N-ethyl adjacent to an activating group) is 1. The Morgan fingerprint density at radius 1 is 1.35 bits per heavy atom. The minimum absolute atomic E-state index is 0.118. The van der Waals surface area contributed by atoms with Crippen LogP contribution in [0.1, 0.15) is 17.3 Å². The van der Waals surface area contributed by atoms with E-state index in [1.165, 1.54) is 0 Å². The van der Waals surface area contributed by atoms with Gasteiger partial charge in [-0.3, -0.25) is 14.9 Å². The van der Waals surface area contributed by atoms with Gasteiger partial charge in [-0.15, -0.1) is 0 Å². The van der Waals surface area contributed by atoms with Crippen LogP contribution in [0.4, 0.5) is 5.69 Å². The van der Waals surface area contributed by atoms with Crippen molar-refractivity contribution < 1.29 is 18.1 Å². The number of hydrogen-bond acceptors (Lipinski definition) is 6. The van der Waals surface area contributed by atoms with E-state index in [9.17, 15) is 23.3 Å². The zero-order chi connectivity index (χ0) is 17.6. The lowest BCUT2D eigenvalue weighted by Gasteiger charge is -2.13. The fraction of sp³-hybridized carbons (Fsp3) is 0.462. The van der Waals surface area contributed by atoms with E-state index in [4.69, 9.17) is 0 Å². The number of rotatable bonds is 8. The molecular weight excluding hydrogens is 324 g/mol. The van der Waals surface area contributed by atoms with Crippen molar-refractivity contribution in [1.82, 2.24) is 14.9 Å². The third-order valence-corrected chi connectivity index (χ3v) is 4.40. The highest BCUT2D eigenvalue weighted by molar-refractivity contribution is 7.89. The summed E-state index contributed by atoms with van der Waals surface area (Å²) in [6, 6.07) is 3.13. The Bertz CT molecular complexity index is 688. The quantitative estimate of drug-likeness (QED) is 0.513. The maximum atomic E-state index is 12.4. The molecule has 0 radical (unpaired) electrons. The Labute approximate surface area is 134 Å². The summed E-state index contributed by atoms with van der Waals surface area (Å²) in [6.45, 7) is 2.56. The molecule has 0 unspecified atom stereocenters. The molecule has 0 aromatic heterocycles. The number of nitrogens with zero attached hydrogens (tertiary/aromatic N) is 2. The Hall–Kier alpha value is -2.04. The molecule has 23 heavy (non-hydrogen) atoms. The maximum Gasteiger partial charge on any atom is 0.270 e. The van der Waals surface area contributed by atoms with Crippen molar-refractivity contribution in [3.05, 3.63) is 33.9 Å². The molecule has 0 bridgehead atoms. The summed E-state index contributed by atoms with van der Waals surface area (Å²) in [6.07, 6.45) is 0. The van der Waals surface area contributed by atoms with Gasteiger partial charge in [0, 0.05) is 31.8 Å². The summed E-state index contributed by atoms with van der Waals surface area (Å²) in [5.41, 5.74) is -0.527. The number of amides is 1. The van der Waals surface area contributed by atoms with Crippen LogP contribution in [-0.4, -0.2) is 57.9 Å². The van der Waals surface area contributed by atoms with Crippen LogP contribution in [0.5, 0.6) is 0 Å². The van der Waals surface area contributed by atoms with E-state index >= 15 is 0 Å². The molecule has 128 valence electrons. The topological polar surface area (TPSA) is 122 Å². The summed E-state index contributed by atoms with van der Waals surface area (Å²) < 4.78 is 27.1. The Morgan fingerprint density at radius 3 is 2.52 bits per heavy atom. The van der Waals surface area contributed by atoms with Crippen molar-refractivity contribution in [2.24, 2.45) is 0 Å². The van der Waals surface area contributed by atoms with Crippen LogP contribution in [0, 0.1) is 10.1 Å². The van der Waals surface area contributed by atoms with Crippen molar-refractivity contribution in [2.75, 3.05) is 33.7 Å². The molecule has 0 heterocycles. The van der Waals surface area contributed by atoms with Crippen LogP contribution in [0.3, 0.4) is 0 Å². The number of benzene rings is 1. The van der Waals surface area contributed by atoms with Gasteiger partial charge in [0.2, 0.25) is 10.0 Å². The fourth-order valence-corrected chi connectivity index (χ4v) is 3.01. The molecule has 9 nitrogen and oxygen atoms in total. The zero-order valence-electron chi connectivity index (χ0n) is 13.2. The van der Waals surface area contributed by atoms with Gasteiger partial charge < -0.3 is 10.2 Å². The van der Waals surface area contributed by atoms with Crippen molar-refractivity contribution in [2.45, 2.75) is 11.8 Å². The molecule has 1 rings (SSSR count). The number of nitro benzene ring substituents is 1. The number of nitro groups is 1. The van der Waals surface area contributed by atoms with Crippen LogP contribution in [-0.2, 0) is 10.0 Å². The Morgan fingerprint density at radius 2 is 2.00 bits per heavy atom. The van der Waals surface area contributed by atoms with Gasteiger partial charge in [0.05, 0.1) is 10.5 Å². The van der Waals surface area contributed by atoms with Gasteiger partial charge >= 0.3 is 0 Å². The highest BCUT2D eigenvalue weighted by atomic mass is 32.2. The summed E-state index contributed by atoms with van der Waals surface area (Å²) in [4.78, 5) is 23.5. The second-order valence-electron chi connectivity index (χ2n) is 5.00. The lowest BCUT2D eigenvalue weighted by atomic mass is 10.2. The molecule has 0 saturated carbocycles. The molecule has 1 aromatic carbocycles. The normalized spacial score (nSPS) is 11.5. The van der Waals surface area contributed by atoms with Crippen LogP contribution in [0.2, 0.25) is 0 Å². The summed E-state index contributed by atoms with van der Waals surface area (Å²) in [5, 5.41) is 13.4. The van der Waals surface area contributed by atoms with Crippen molar-refractivity contribution >= 4 is 21.6 Å². The van der Waals surface area contributed by atoms with Crippen molar-refractivity contribution in [3.63, 3.8) is 0 Å². The number of carbonyl (C=O) groups is 1. The van der Waals surface area contributed by atoms with Crippen LogP contribution < -0.4 is 10.0 Å². The third-order valence-electron chi connectivity index (χ3n) is 2.90. The van der Waals surface area contributed by atoms with E-state index < -0.39 is 31.4 Å². The highest BCUT2D eigenvalue weighted by Gasteiger charge is 2.25. The van der Waals surface area contributed by atoms with Gasteiger partial charge in [0.25, 0.3) is 11.6 Å². The molecule has 0 aliphatic rings. The minimum Gasteiger partial charge on any atom is -0.352 e. The first-order valence-electron chi connectivity index (χ1n) is 6.90. The van der Waals surface area contributed by atoms with Gasteiger partial charge in [-0.05, 0) is 27.1 Å². The van der Waals surface area contributed by atoms with E-state index in [1.54, 1.807) is 25.9 Å². The molecule has 1 amide bonds. The third kappa shape index (κ3) is 5.27. The predicted octanol–water partition coefficient (Wildman–Crippen LogP) is 0.184.